The van der Waals surface area contributed by atoms with E-state index >= 15 is 0 Å². The second-order valence-corrected chi connectivity index (χ2v) is 4.27. The van der Waals surface area contributed by atoms with E-state index in [1.54, 1.807) is 12.2 Å². The molecule has 5 heteroatoms. The van der Waals surface area contributed by atoms with Gasteiger partial charge >= 0.3 is 7.82 Å². The van der Waals surface area contributed by atoms with Gasteiger partial charge in [-0.05, 0) is 25.2 Å². The summed E-state index contributed by atoms with van der Waals surface area (Å²) in [6, 6.07) is 0. The fourth-order valence-corrected chi connectivity index (χ4v) is 1.48. The van der Waals surface area contributed by atoms with Gasteiger partial charge < -0.3 is 9.79 Å². The predicted octanol–water partition coefficient (Wildman–Crippen LogP) is 2.25. The van der Waals surface area contributed by atoms with E-state index in [9.17, 15) is 4.57 Å². The number of hydrogen-bond donors (Lipinski definition) is 2. The lowest BCUT2D eigenvalue weighted by Gasteiger charge is -2.12. The average molecular weight is 220 g/mol. The van der Waals surface area contributed by atoms with E-state index in [4.69, 9.17) is 9.79 Å². The lowest BCUT2D eigenvalue weighted by atomic mass is 9.98. The Morgan fingerprint density at radius 1 is 1.29 bits per heavy atom. The summed E-state index contributed by atoms with van der Waals surface area (Å²) < 4.78 is 14.7. The van der Waals surface area contributed by atoms with Crippen LogP contribution in [0.25, 0.3) is 0 Å². The molecule has 0 spiro atoms. The highest BCUT2D eigenvalue weighted by Gasteiger charge is 2.14. The fourth-order valence-electron chi connectivity index (χ4n) is 1.14. The van der Waals surface area contributed by atoms with Crippen molar-refractivity contribution in [3.05, 3.63) is 25.3 Å². The van der Waals surface area contributed by atoms with Crippen molar-refractivity contribution in [2.24, 2.45) is 5.92 Å². The largest absolute Gasteiger partial charge is 0.469 e. The molecule has 0 fully saturated rings. The molecule has 0 saturated carbocycles. The maximum Gasteiger partial charge on any atom is 0.469 e. The first-order chi connectivity index (χ1) is 6.49. The molecule has 0 radical (unpaired) electrons. The van der Waals surface area contributed by atoms with Crippen LogP contribution in [0.5, 0.6) is 0 Å². The van der Waals surface area contributed by atoms with Crippen molar-refractivity contribution in [3.63, 3.8) is 0 Å². The zero-order valence-electron chi connectivity index (χ0n) is 8.13. The van der Waals surface area contributed by atoms with Crippen LogP contribution in [0.4, 0.5) is 0 Å². The Morgan fingerprint density at radius 3 is 2.14 bits per heavy atom. The summed E-state index contributed by atoms with van der Waals surface area (Å²) in [6.07, 6.45) is 5.77. The minimum absolute atomic E-state index is 0.0661. The number of phosphoric ester groups is 1. The van der Waals surface area contributed by atoms with E-state index in [-0.39, 0.29) is 6.61 Å². The Labute approximate surface area is 84.5 Å². The molecule has 0 rings (SSSR count). The van der Waals surface area contributed by atoms with Crippen LogP contribution in [-0.2, 0) is 9.09 Å². The molecule has 0 saturated heterocycles. The second-order valence-electron chi connectivity index (χ2n) is 3.03. The third-order valence-electron chi connectivity index (χ3n) is 1.79. The lowest BCUT2D eigenvalue weighted by Crippen LogP contribution is -2.03. The van der Waals surface area contributed by atoms with Gasteiger partial charge in [0.2, 0.25) is 0 Å². The van der Waals surface area contributed by atoms with Crippen LogP contribution < -0.4 is 0 Å². The van der Waals surface area contributed by atoms with Crippen molar-refractivity contribution >= 4 is 7.82 Å². The predicted molar refractivity (Wildman–Crippen MR) is 55.7 cm³/mol. The zero-order chi connectivity index (χ0) is 11.0. The Morgan fingerprint density at radius 2 is 1.79 bits per heavy atom. The van der Waals surface area contributed by atoms with Crippen molar-refractivity contribution in [1.82, 2.24) is 0 Å². The van der Waals surface area contributed by atoms with E-state index in [1.807, 2.05) is 0 Å². The lowest BCUT2D eigenvalue weighted by molar-refractivity contribution is 0.184. The molecular weight excluding hydrogens is 203 g/mol. The first-order valence-electron chi connectivity index (χ1n) is 4.41. The average Bonchev–Trinajstić information content (AvgIpc) is 2.02. The molecule has 0 atom stereocenters. The molecule has 0 aliphatic rings. The van der Waals surface area contributed by atoms with E-state index in [1.165, 1.54) is 0 Å². The quantitative estimate of drug-likeness (QED) is 0.486. The summed E-state index contributed by atoms with van der Waals surface area (Å²) >= 11 is 0. The summed E-state index contributed by atoms with van der Waals surface area (Å²) in [5.74, 6) is 0.302. The zero-order valence-corrected chi connectivity index (χ0v) is 9.03. The van der Waals surface area contributed by atoms with Crippen LogP contribution in [0.1, 0.15) is 19.3 Å². The molecule has 14 heavy (non-hydrogen) atoms. The van der Waals surface area contributed by atoms with E-state index in [2.05, 4.69) is 17.7 Å². The third-order valence-corrected chi connectivity index (χ3v) is 2.30. The summed E-state index contributed by atoms with van der Waals surface area (Å²) in [6.45, 7) is 7.29. The van der Waals surface area contributed by atoms with Gasteiger partial charge in [0.1, 0.15) is 0 Å². The standard InChI is InChI=1S/C9H17O4P/c1-3-5-9(6-4-2)7-8-13-14(10,11)12/h3-4,9H,1-2,5-8H2,(H2,10,11,12). The molecule has 0 aliphatic heterocycles. The second kappa shape index (κ2) is 6.96. The van der Waals surface area contributed by atoms with Gasteiger partial charge in [-0.1, -0.05) is 12.2 Å². The molecule has 0 aromatic rings. The summed E-state index contributed by atoms with van der Waals surface area (Å²) in [7, 11) is -4.31. The molecule has 82 valence electrons. The van der Waals surface area contributed by atoms with Gasteiger partial charge in [0.15, 0.2) is 0 Å². The summed E-state index contributed by atoms with van der Waals surface area (Å²) in [5.41, 5.74) is 0. The molecule has 0 bridgehead atoms. The maximum absolute atomic E-state index is 10.4. The number of hydrogen-bond acceptors (Lipinski definition) is 2. The molecule has 0 aliphatic carbocycles. The first-order valence-corrected chi connectivity index (χ1v) is 5.94. The topological polar surface area (TPSA) is 66.8 Å². The monoisotopic (exact) mass is 220 g/mol. The summed E-state index contributed by atoms with van der Waals surface area (Å²) in [5, 5.41) is 0. The highest BCUT2D eigenvalue weighted by Crippen LogP contribution is 2.36. The number of phosphoric acid groups is 1. The molecule has 0 aromatic carbocycles. The molecule has 0 unspecified atom stereocenters. The Hall–Kier alpha value is -0.410. The van der Waals surface area contributed by atoms with Crippen molar-refractivity contribution in [2.45, 2.75) is 19.3 Å². The van der Waals surface area contributed by atoms with Crippen LogP contribution in [0.15, 0.2) is 25.3 Å². The maximum atomic E-state index is 10.4. The van der Waals surface area contributed by atoms with Gasteiger partial charge in [-0.25, -0.2) is 4.57 Å². The van der Waals surface area contributed by atoms with Gasteiger partial charge in [0.25, 0.3) is 0 Å². The minimum Gasteiger partial charge on any atom is -0.303 e. The SMILES string of the molecule is C=CCC(CC=C)CCOP(=O)(O)O. The number of rotatable bonds is 8. The molecule has 2 N–H and O–H groups in total. The van der Waals surface area contributed by atoms with Crippen molar-refractivity contribution < 1.29 is 18.9 Å². The van der Waals surface area contributed by atoms with E-state index in [0.717, 1.165) is 12.8 Å². The molecule has 0 heterocycles. The van der Waals surface area contributed by atoms with E-state index < -0.39 is 7.82 Å². The minimum atomic E-state index is -4.31. The van der Waals surface area contributed by atoms with Crippen molar-refractivity contribution in [3.8, 4) is 0 Å². The molecule has 0 amide bonds. The van der Waals surface area contributed by atoms with Crippen molar-refractivity contribution in [2.75, 3.05) is 6.61 Å². The fraction of sp³-hybridized carbons (Fsp3) is 0.556. The molecule has 0 aromatic heterocycles. The van der Waals surface area contributed by atoms with Crippen molar-refractivity contribution in [1.29, 1.82) is 0 Å². The van der Waals surface area contributed by atoms with Crippen LogP contribution in [0, 0.1) is 5.92 Å². The van der Waals surface area contributed by atoms with Gasteiger partial charge in [0.05, 0.1) is 6.61 Å². The van der Waals surface area contributed by atoms with Gasteiger partial charge in [-0.3, -0.25) is 4.52 Å². The molecule has 4 nitrogen and oxygen atoms in total. The van der Waals surface area contributed by atoms with Gasteiger partial charge in [-0.15, -0.1) is 13.2 Å². The third kappa shape index (κ3) is 8.20. The highest BCUT2D eigenvalue weighted by molar-refractivity contribution is 7.46. The molecular formula is C9H17O4P. The smallest absolute Gasteiger partial charge is 0.303 e. The Bertz CT molecular complexity index is 211. The van der Waals surface area contributed by atoms with E-state index in [0.29, 0.717) is 12.3 Å². The van der Waals surface area contributed by atoms with Gasteiger partial charge in [-0.2, -0.15) is 0 Å². The first kappa shape index (κ1) is 13.6. The van der Waals surface area contributed by atoms with Crippen LogP contribution in [0.3, 0.4) is 0 Å². The Balaban J connectivity index is 3.75. The highest BCUT2D eigenvalue weighted by atomic mass is 31.2. The van der Waals surface area contributed by atoms with Crippen LogP contribution >= 0.6 is 7.82 Å². The van der Waals surface area contributed by atoms with Crippen LogP contribution in [-0.4, -0.2) is 16.4 Å². The van der Waals surface area contributed by atoms with Gasteiger partial charge in [0, 0.05) is 0 Å². The van der Waals surface area contributed by atoms with Crippen LogP contribution in [0.2, 0.25) is 0 Å². The normalized spacial score (nSPS) is 11.6. The summed E-state index contributed by atoms with van der Waals surface area (Å²) in [4.78, 5) is 16.9. The Kier molecular flexibility index (Phi) is 6.75. The number of allylic oxidation sites excluding steroid dienone is 2.